The van der Waals surface area contributed by atoms with Gasteiger partial charge in [-0.25, -0.2) is 0 Å². The second-order valence-corrected chi connectivity index (χ2v) is 12.2. The lowest BCUT2D eigenvalue weighted by atomic mass is 9.46. The smallest absolute Gasteiger partial charge is 0.302 e. The van der Waals surface area contributed by atoms with E-state index in [-0.39, 0.29) is 22.9 Å². The van der Waals surface area contributed by atoms with E-state index in [4.69, 9.17) is 23.7 Å². The van der Waals surface area contributed by atoms with Crippen LogP contribution in [-0.4, -0.2) is 50.1 Å². The highest BCUT2D eigenvalue weighted by Gasteiger charge is 2.66. The number of hydrogen-bond acceptors (Lipinski definition) is 6. The lowest BCUT2D eigenvalue weighted by Gasteiger charge is -2.61. The molecule has 6 heteroatoms. The fourth-order valence-electron chi connectivity index (χ4n) is 9.36. The molecule has 33 heavy (non-hydrogen) atoms. The van der Waals surface area contributed by atoms with E-state index in [9.17, 15) is 4.79 Å². The van der Waals surface area contributed by atoms with Crippen LogP contribution in [0.3, 0.4) is 0 Å². The van der Waals surface area contributed by atoms with Crippen molar-refractivity contribution in [3.63, 3.8) is 0 Å². The molecule has 0 radical (unpaired) electrons. The Kier molecular flexibility index (Phi) is 5.13. The van der Waals surface area contributed by atoms with E-state index in [0.29, 0.717) is 50.1 Å². The van der Waals surface area contributed by atoms with Gasteiger partial charge in [-0.15, -0.1) is 0 Å². The number of allylic oxidation sites excluding steroid dienone is 1. The molecule has 6 rings (SSSR count). The van der Waals surface area contributed by atoms with E-state index in [1.54, 1.807) is 6.92 Å². The molecule has 0 aromatic heterocycles. The Balaban J connectivity index is 1.36. The van der Waals surface area contributed by atoms with Crippen LogP contribution in [0.15, 0.2) is 11.6 Å². The molecule has 2 heterocycles. The van der Waals surface area contributed by atoms with Crippen molar-refractivity contribution in [2.75, 3.05) is 26.4 Å². The van der Waals surface area contributed by atoms with Crippen LogP contribution in [-0.2, 0) is 28.5 Å². The van der Waals surface area contributed by atoms with Crippen molar-refractivity contribution in [3.8, 4) is 0 Å². The highest BCUT2D eigenvalue weighted by Crippen LogP contribution is 2.69. The number of carbonyl (C=O) groups is 1. The zero-order valence-corrected chi connectivity index (χ0v) is 20.7. The average Bonchev–Trinajstić information content (AvgIpc) is 3.47. The summed E-state index contributed by atoms with van der Waals surface area (Å²) in [7, 11) is 0. The molecule has 2 saturated heterocycles. The first-order valence-corrected chi connectivity index (χ1v) is 13.1. The normalized spacial score (nSPS) is 47.5. The molecule has 3 saturated carbocycles. The Morgan fingerprint density at radius 2 is 1.70 bits per heavy atom. The standard InChI is InChI=1S/C27H40O6/c1-17(28)33-21-16-25(3)20(7-8-22(25)26(4)29-11-12-30-26)19-6-5-18-15-27(31-13-14-32-27)10-9-24(18,2)23(19)21/h5,19-23H,6-16H2,1-4H3. The Labute approximate surface area is 197 Å². The lowest BCUT2D eigenvalue weighted by Crippen LogP contribution is -2.59. The van der Waals surface area contributed by atoms with Crippen LogP contribution in [0.2, 0.25) is 0 Å². The van der Waals surface area contributed by atoms with E-state index in [0.717, 1.165) is 38.5 Å². The third-order valence-electron chi connectivity index (χ3n) is 10.6. The van der Waals surface area contributed by atoms with Crippen molar-refractivity contribution in [2.24, 2.45) is 34.5 Å². The quantitative estimate of drug-likeness (QED) is 0.443. The molecular formula is C27H40O6. The highest BCUT2D eigenvalue weighted by atomic mass is 16.7. The molecule has 6 nitrogen and oxygen atoms in total. The summed E-state index contributed by atoms with van der Waals surface area (Å²) in [6, 6.07) is 0. The van der Waals surface area contributed by atoms with Gasteiger partial charge >= 0.3 is 5.97 Å². The van der Waals surface area contributed by atoms with Crippen LogP contribution in [0.5, 0.6) is 0 Å². The summed E-state index contributed by atoms with van der Waals surface area (Å²) in [5, 5.41) is 0. The summed E-state index contributed by atoms with van der Waals surface area (Å²) in [5.74, 6) is 0.655. The maximum atomic E-state index is 12.3. The SMILES string of the molecule is CC(=O)OC1CC2(C)C(CCC2C2(C)OCCO2)C2CC=C3CC4(CCC3(C)C12)OCCO4. The van der Waals surface area contributed by atoms with E-state index >= 15 is 0 Å². The van der Waals surface area contributed by atoms with Crippen LogP contribution >= 0.6 is 0 Å². The molecule has 1 spiro atoms. The highest BCUT2D eigenvalue weighted by molar-refractivity contribution is 5.66. The minimum atomic E-state index is -0.523. The molecule has 0 N–H and O–H groups in total. The van der Waals surface area contributed by atoms with Gasteiger partial charge in [0.25, 0.3) is 0 Å². The van der Waals surface area contributed by atoms with Crippen LogP contribution in [0, 0.1) is 34.5 Å². The van der Waals surface area contributed by atoms with Crippen LogP contribution in [0.25, 0.3) is 0 Å². The summed E-state index contributed by atoms with van der Waals surface area (Å²) >= 11 is 0. The zero-order valence-electron chi connectivity index (χ0n) is 20.7. The van der Waals surface area contributed by atoms with Gasteiger partial charge in [0.2, 0.25) is 0 Å². The van der Waals surface area contributed by atoms with Crippen LogP contribution < -0.4 is 0 Å². The van der Waals surface area contributed by atoms with Gasteiger partial charge in [-0.3, -0.25) is 4.79 Å². The Morgan fingerprint density at radius 3 is 2.39 bits per heavy atom. The van der Waals surface area contributed by atoms with Crippen molar-refractivity contribution in [2.45, 2.75) is 90.3 Å². The number of carbonyl (C=O) groups excluding carboxylic acids is 1. The van der Waals surface area contributed by atoms with E-state index in [2.05, 4.69) is 26.8 Å². The maximum Gasteiger partial charge on any atom is 0.302 e. The molecule has 4 aliphatic carbocycles. The number of esters is 1. The Morgan fingerprint density at radius 1 is 1.00 bits per heavy atom. The monoisotopic (exact) mass is 460 g/mol. The Bertz CT molecular complexity index is 840. The van der Waals surface area contributed by atoms with Gasteiger partial charge in [0.05, 0.1) is 26.4 Å². The first-order chi connectivity index (χ1) is 15.7. The molecule has 0 aromatic carbocycles. The first-order valence-electron chi connectivity index (χ1n) is 13.1. The van der Waals surface area contributed by atoms with Crippen molar-refractivity contribution in [1.29, 1.82) is 0 Å². The summed E-state index contributed by atoms with van der Waals surface area (Å²) in [5.41, 5.74) is 1.52. The summed E-state index contributed by atoms with van der Waals surface area (Å²) < 4.78 is 30.7. The largest absolute Gasteiger partial charge is 0.462 e. The minimum Gasteiger partial charge on any atom is -0.462 e. The molecule has 184 valence electrons. The topological polar surface area (TPSA) is 63.2 Å². The summed E-state index contributed by atoms with van der Waals surface area (Å²) in [6.45, 7) is 11.3. The maximum absolute atomic E-state index is 12.3. The number of hydrogen-bond donors (Lipinski definition) is 0. The molecule has 6 aliphatic rings. The fraction of sp³-hybridized carbons (Fsp3) is 0.889. The summed E-state index contributed by atoms with van der Waals surface area (Å²) in [4.78, 5) is 12.3. The molecule has 7 unspecified atom stereocenters. The summed E-state index contributed by atoms with van der Waals surface area (Å²) in [6.07, 6.45) is 9.48. The van der Waals surface area contributed by atoms with Gasteiger partial charge < -0.3 is 23.7 Å². The van der Waals surface area contributed by atoms with Crippen LogP contribution in [0.4, 0.5) is 0 Å². The van der Waals surface area contributed by atoms with Gasteiger partial charge in [0.15, 0.2) is 11.6 Å². The van der Waals surface area contributed by atoms with Gasteiger partial charge in [0, 0.05) is 31.6 Å². The molecule has 0 bridgehead atoms. The number of fused-ring (bicyclic) bond motifs is 5. The van der Waals surface area contributed by atoms with Gasteiger partial charge in [-0.05, 0) is 61.7 Å². The molecule has 2 aliphatic heterocycles. The molecule has 0 amide bonds. The number of rotatable bonds is 2. The lowest BCUT2D eigenvalue weighted by molar-refractivity contribution is -0.231. The Hall–Kier alpha value is -0.950. The zero-order chi connectivity index (χ0) is 23.1. The molecule has 0 aromatic rings. The van der Waals surface area contributed by atoms with Crippen molar-refractivity contribution in [1.82, 2.24) is 0 Å². The van der Waals surface area contributed by atoms with Gasteiger partial charge in [0.1, 0.15) is 6.10 Å². The third-order valence-corrected chi connectivity index (χ3v) is 10.6. The predicted octanol–water partition coefficient (Wildman–Crippen LogP) is 4.61. The molecular weight excluding hydrogens is 420 g/mol. The number of ether oxygens (including phenoxy) is 5. The van der Waals surface area contributed by atoms with Crippen molar-refractivity contribution in [3.05, 3.63) is 11.6 Å². The first kappa shape index (κ1) is 22.5. The van der Waals surface area contributed by atoms with Crippen LogP contribution in [0.1, 0.15) is 72.6 Å². The second-order valence-electron chi connectivity index (χ2n) is 12.2. The van der Waals surface area contributed by atoms with E-state index < -0.39 is 11.6 Å². The second kappa shape index (κ2) is 7.52. The fourth-order valence-corrected chi connectivity index (χ4v) is 9.36. The third kappa shape index (κ3) is 3.23. The van der Waals surface area contributed by atoms with Crippen molar-refractivity contribution < 1.29 is 28.5 Å². The predicted molar refractivity (Wildman–Crippen MR) is 121 cm³/mol. The van der Waals surface area contributed by atoms with Gasteiger partial charge in [-0.2, -0.15) is 0 Å². The molecule has 7 atom stereocenters. The molecule has 5 fully saturated rings. The average molecular weight is 461 g/mol. The minimum absolute atomic E-state index is 0.0211. The van der Waals surface area contributed by atoms with Crippen molar-refractivity contribution >= 4 is 5.97 Å². The van der Waals surface area contributed by atoms with Gasteiger partial charge in [-0.1, -0.05) is 25.5 Å². The van der Waals surface area contributed by atoms with E-state index in [1.807, 2.05) is 0 Å². The van der Waals surface area contributed by atoms with E-state index in [1.165, 1.54) is 12.0 Å².